The van der Waals surface area contributed by atoms with E-state index in [0.717, 1.165) is 39.6 Å². The van der Waals surface area contributed by atoms with Crippen molar-refractivity contribution < 1.29 is 4.79 Å². The highest BCUT2D eigenvalue weighted by molar-refractivity contribution is 7.89. The molecule has 0 aliphatic heterocycles. The molecule has 7 heteroatoms. The third-order valence-electron chi connectivity index (χ3n) is 4.73. The third-order valence-corrected chi connectivity index (χ3v) is 8.38. The van der Waals surface area contributed by atoms with Crippen molar-refractivity contribution in [2.24, 2.45) is 0 Å². The van der Waals surface area contributed by atoms with Crippen LogP contribution in [0.25, 0.3) is 11.3 Å². The summed E-state index contributed by atoms with van der Waals surface area (Å²) in [5.74, 6) is 0.00201. The zero-order chi connectivity index (χ0) is 19.7. The van der Waals surface area contributed by atoms with Crippen molar-refractivity contribution in [3.8, 4) is 11.3 Å². The van der Waals surface area contributed by atoms with Gasteiger partial charge in [-0.15, -0.1) is 0 Å². The van der Waals surface area contributed by atoms with Crippen molar-refractivity contribution in [1.29, 1.82) is 4.78 Å². The highest BCUT2D eigenvalue weighted by Crippen LogP contribution is 2.37. The number of hydrogen-bond acceptors (Lipinski definition) is 5. The van der Waals surface area contributed by atoms with E-state index in [-0.39, 0.29) is 5.91 Å². The Bertz CT molecular complexity index is 1010. The summed E-state index contributed by atoms with van der Waals surface area (Å²) in [5, 5.41) is 1.18. The Morgan fingerprint density at radius 3 is 2.64 bits per heavy atom. The van der Waals surface area contributed by atoms with Crippen molar-refractivity contribution in [2.75, 3.05) is 11.9 Å². The Morgan fingerprint density at radius 2 is 2.00 bits per heavy atom. The molecule has 2 heterocycles. The van der Waals surface area contributed by atoms with Gasteiger partial charge < -0.3 is 0 Å². The molecule has 1 aliphatic carbocycles. The number of anilines is 1. The molecule has 28 heavy (non-hydrogen) atoms. The summed E-state index contributed by atoms with van der Waals surface area (Å²) in [6.45, 7) is 1.95. The molecule has 0 bridgehead atoms. The number of thiazole rings is 1. The molecular weight excluding hydrogens is 388 g/mol. The first kappa shape index (κ1) is 19.0. The van der Waals surface area contributed by atoms with Crippen molar-refractivity contribution in [3.05, 3.63) is 59.9 Å². The van der Waals surface area contributed by atoms with Crippen LogP contribution in [0.15, 0.2) is 52.9 Å². The Kier molecular flexibility index (Phi) is 5.37. The van der Waals surface area contributed by atoms with Gasteiger partial charge in [0.15, 0.2) is 5.13 Å². The molecule has 1 aliphatic rings. The van der Waals surface area contributed by atoms with Gasteiger partial charge in [0, 0.05) is 24.1 Å². The topological polar surface area (TPSA) is 69.9 Å². The number of aryl methyl sites for hydroxylation is 1. The van der Waals surface area contributed by atoms with E-state index in [0.29, 0.717) is 16.8 Å². The highest BCUT2D eigenvalue weighted by Gasteiger charge is 2.29. The second kappa shape index (κ2) is 7.93. The van der Waals surface area contributed by atoms with Gasteiger partial charge >= 0.3 is 0 Å². The molecule has 3 aromatic rings. The van der Waals surface area contributed by atoms with E-state index in [9.17, 15) is 4.79 Å². The van der Waals surface area contributed by atoms with Crippen LogP contribution in [0.1, 0.15) is 24.1 Å². The molecule has 1 fully saturated rings. The lowest BCUT2D eigenvalue weighted by molar-refractivity contribution is -0.117. The summed E-state index contributed by atoms with van der Waals surface area (Å²) in [4.78, 5) is 23.3. The second-order valence-electron chi connectivity index (χ2n) is 6.95. The summed E-state index contributed by atoms with van der Waals surface area (Å²) in [5.41, 5.74) is 3.81. The number of hydrogen-bond donors (Lipinski definition) is 1. The molecule has 0 saturated heterocycles. The van der Waals surface area contributed by atoms with E-state index in [4.69, 9.17) is 4.78 Å². The number of rotatable bonds is 6. The van der Waals surface area contributed by atoms with Gasteiger partial charge in [0.05, 0.1) is 22.0 Å². The first-order valence-corrected chi connectivity index (χ1v) is 11.3. The molecule has 0 unspecified atom stereocenters. The fourth-order valence-corrected chi connectivity index (χ4v) is 5.94. The predicted molar refractivity (Wildman–Crippen MR) is 115 cm³/mol. The zero-order valence-electron chi connectivity index (χ0n) is 15.9. The van der Waals surface area contributed by atoms with E-state index in [1.165, 1.54) is 11.3 Å². The second-order valence-corrected chi connectivity index (χ2v) is 9.93. The summed E-state index contributed by atoms with van der Waals surface area (Å²) >= 11 is 1.49. The number of carbonyl (C=O) groups excluding carboxylic acids is 1. The molecule has 1 aromatic carbocycles. The van der Waals surface area contributed by atoms with Gasteiger partial charge in [-0.3, -0.25) is 19.5 Å². The van der Waals surface area contributed by atoms with Crippen LogP contribution in [0.5, 0.6) is 0 Å². The maximum atomic E-state index is 12.7. The maximum absolute atomic E-state index is 12.7. The van der Waals surface area contributed by atoms with Gasteiger partial charge in [-0.2, -0.15) is 0 Å². The summed E-state index contributed by atoms with van der Waals surface area (Å²) in [7, 11) is 1.28. The Labute approximate surface area is 171 Å². The number of nitrogens with zero attached hydrogens (tertiary/aromatic N) is 3. The van der Waals surface area contributed by atoms with E-state index in [1.807, 2.05) is 49.4 Å². The van der Waals surface area contributed by atoms with Crippen LogP contribution >= 0.6 is 11.3 Å². The number of amides is 1. The molecule has 1 amide bonds. The lowest BCUT2D eigenvalue weighted by atomic mass is 10.1. The van der Waals surface area contributed by atoms with Crippen molar-refractivity contribution in [2.45, 2.75) is 35.6 Å². The van der Waals surface area contributed by atoms with Crippen LogP contribution in [0.4, 0.5) is 5.13 Å². The standard InChI is InChI=1S/C21H22N4OS2/c1-14-20(28(22)17-10-11-17)27-21(24-14)25(2)19(26)13-15-6-8-16(9-7-15)18-5-3-4-12-23-18/h3-9,12,17,22H,10-11,13H2,1-2H3/t28-/m1/s1. The molecule has 5 nitrogen and oxygen atoms in total. The minimum absolute atomic E-state index is 0.00201. The highest BCUT2D eigenvalue weighted by atomic mass is 32.2. The van der Waals surface area contributed by atoms with Gasteiger partial charge in [-0.25, -0.2) is 4.98 Å². The van der Waals surface area contributed by atoms with Crippen LogP contribution in [0.3, 0.4) is 0 Å². The van der Waals surface area contributed by atoms with Gasteiger partial charge in [0.25, 0.3) is 0 Å². The first-order chi connectivity index (χ1) is 13.5. The van der Waals surface area contributed by atoms with Gasteiger partial charge in [-0.05, 0) is 37.5 Å². The Morgan fingerprint density at radius 1 is 1.25 bits per heavy atom. The van der Waals surface area contributed by atoms with E-state index >= 15 is 0 Å². The van der Waals surface area contributed by atoms with Gasteiger partial charge in [-0.1, -0.05) is 52.4 Å². The number of pyridine rings is 1. The SMILES string of the molecule is Cc1nc(N(C)C(=O)Cc2ccc(-c3ccccn3)cc2)sc1[S@](=N)C1CC1. The number of aromatic nitrogens is 2. The summed E-state index contributed by atoms with van der Waals surface area (Å²) < 4.78 is 9.42. The van der Waals surface area contributed by atoms with Crippen molar-refractivity contribution >= 4 is 33.1 Å². The Hall–Kier alpha value is -2.38. The summed E-state index contributed by atoms with van der Waals surface area (Å²) in [6, 6.07) is 13.8. The van der Waals surface area contributed by atoms with Crippen LogP contribution < -0.4 is 4.90 Å². The lowest BCUT2D eigenvalue weighted by Crippen LogP contribution is -2.27. The molecular formula is C21H22N4OS2. The van der Waals surface area contributed by atoms with Crippen LogP contribution in [0.2, 0.25) is 0 Å². The molecule has 1 saturated carbocycles. The van der Waals surface area contributed by atoms with E-state index in [2.05, 4.69) is 9.97 Å². The smallest absolute Gasteiger partial charge is 0.232 e. The number of nitrogens with one attached hydrogen (secondary N) is 1. The first-order valence-electron chi connectivity index (χ1n) is 9.21. The summed E-state index contributed by atoms with van der Waals surface area (Å²) in [6.07, 6.45) is 4.38. The van der Waals surface area contributed by atoms with Crippen LogP contribution in [0, 0.1) is 11.7 Å². The number of carbonyl (C=O) groups is 1. The average Bonchev–Trinajstić information content (AvgIpc) is 3.50. The fourth-order valence-electron chi connectivity index (χ4n) is 2.90. The number of likely N-dealkylation sites (N-methyl/N-ethyl adjacent to an activating group) is 1. The minimum Gasteiger partial charge on any atom is -0.291 e. The quantitative estimate of drug-likeness (QED) is 0.644. The molecule has 1 N–H and O–H groups in total. The normalized spacial score (nSPS) is 14.6. The van der Waals surface area contributed by atoms with E-state index < -0.39 is 10.7 Å². The van der Waals surface area contributed by atoms with E-state index in [1.54, 1.807) is 18.1 Å². The fraction of sp³-hybridized carbons (Fsp3) is 0.286. The zero-order valence-corrected chi connectivity index (χ0v) is 17.5. The monoisotopic (exact) mass is 410 g/mol. The third kappa shape index (κ3) is 4.05. The molecule has 2 aromatic heterocycles. The number of benzene rings is 1. The van der Waals surface area contributed by atoms with Crippen molar-refractivity contribution in [3.63, 3.8) is 0 Å². The lowest BCUT2D eigenvalue weighted by Gasteiger charge is -2.14. The molecule has 4 rings (SSSR count). The average molecular weight is 411 g/mol. The molecule has 0 spiro atoms. The van der Waals surface area contributed by atoms with Crippen LogP contribution in [-0.2, 0) is 21.9 Å². The largest absolute Gasteiger partial charge is 0.291 e. The molecule has 1 atom stereocenters. The molecule has 144 valence electrons. The molecule has 0 radical (unpaired) electrons. The van der Waals surface area contributed by atoms with Crippen LogP contribution in [-0.4, -0.2) is 28.2 Å². The van der Waals surface area contributed by atoms with Gasteiger partial charge in [0.2, 0.25) is 5.91 Å². The minimum atomic E-state index is -0.491. The Balaban J connectivity index is 1.44. The predicted octanol–water partition coefficient (Wildman–Crippen LogP) is 4.62. The van der Waals surface area contributed by atoms with Crippen molar-refractivity contribution in [1.82, 2.24) is 9.97 Å². The maximum Gasteiger partial charge on any atom is 0.232 e. The van der Waals surface area contributed by atoms with Gasteiger partial charge in [0.1, 0.15) is 0 Å².